The van der Waals surface area contributed by atoms with Crippen molar-refractivity contribution in [1.29, 1.82) is 0 Å². The third-order valence-corrected chi connectivity index (χ3v) is 7.90. The van der Waals surface area contributed by atoms with Crippen LogP contribution in [0.2, 0.25) is 0 Å². The summed E-state index contributed by atoms with van der Waals surface area (Å²) in [7, 11) is -7.50. The zero-order valence-corrected chi connectivity index (χ0v) is 20.2. The van der Waals surface area contributed by atoms with Gasteiger partial charge in [-0.15, -0.1) is 0 Å². The third-order valence-electron chi connectivity index (χ3n) is 4.85. The maximum atomic E-state index is 12.8. The number of carbonyl (C=O) groups is 1. The number of nitrogens with one attached hydrogen (secondary N) is 3. The van der Waals surface area contributed by atoms with Crippen LogP contribution in [0.15, 0.2) is 63.3 Å². The molecule has 0 bridgehead atoms. The van der Waals surface area contributed by atoms with E-state index in [2.05, 4.69) is 19.8 Å². The third kappa shape index (κ3) is 6.86. The summed E-state index contributed by atoms with van der Waals surface area (Å²) >= 11 is 0. The highest BCUT2D eigenvalue weighted by Gasteiger charge is 2.19. The Bertz CT molecular complexity index is 1240. The summed E-state index contributed by atoms with van der Waals surface area (Å²) in [6, 6.07) is 11.1. The Morgan fingerprint density at radius 2 is 1.64 bits per heavy atom. The van der Waals surface area contributed by atoms with Crippen LogP contribution in [0, 0.1) is 0 Å². The molecule has 0 spiro atoms. The molecule has 2 aromatic rings. The summed E-state index contributed by atoms with van der Waals surface area (Å²) in [5.41, 5.74) is 0.529. The highest BCUT2D eigenvalue weighted by Crippen LogP contribution is 2.18. The molecule has 3 rings (SSSR count). The van der Waals surface area contributed by atoms with E-state index in [1.54, 1.807) is 19.9 Å². The van der Waals surface area contributed by atoms with Crippen molar-refractivity contribution in [3.8, 4) is 0 Å². The first-order chi connectivity index (χ1) is 15.6. The average molecular weight is 493 g/mol. The number of aliphatic imine (C=N–C) groups is 1. The first-order valence-electron chi connectivity index (χ1n) is 10.7. The predicted molar refractivity (Wildman–Crippen MR) is 127 cm³/mol. The van der Waals surface area contributed by atoms with E-state index < -0.39 is 26.0 Å². The van der Waals surface area contributed by atoms with Crippen molar-refractivity contribution in [2.75, 3.05) is 11.9 Å². The molecule has 0 saturated heterocycles. The number of hydrogen-bond acceptors (Lipinski definition) is 6. The van der Waals surface area contributed by atoms with E-state index in [1.807, 2.05) is 0 Å². The van der Waals surface area contributed by atoms with Crippen LogP contribution in [-0.4, -0.2) is 41.2 Å². The van der Waals surface area contributed by atoms with Crippen molar-refractivity contribution in [2.45, 2.75) is 55.4 Å². The van der Waals surface area contributed by atoms with Crippen LogP contribution in [0.3, 0.4) is 0 Å². The van der Waals surface area contributed by atoms with Gasteiger partial charge in [0.25, 0.3) is 15.9 Å². The Labute approximate surface area is 194 Å². The monoisotopic (exact) mass is 492 g/mol. The lowest BCUT2D eigenvalue weighted by molar-refractivity contribution is 0.102. The molecule has 0 fully saturated rings. The number of anilines is 1. The smallest absolute Gasteiger partial charge is 0.262 e. The number of sulfonamides is 2. The molecule has 0 atom stereocenters. The van der Waals surface area contributed by atoms with E-state index in [0.29, 0.717) is 24.5 Å². The number of nitrogens with zero attached hydrogens (tertiary/aromatic N) is 1. The van der Waals surface area contributed by atoms with Gasteiger partial charge in [0.1, 0.15) is 5.84 Å². The van der Waals surface area contributed by atoms with E-state index in [9.17, 15) is 21.6 Å². The zero-order valence-electron chi connectivity index (χ0n) is 18.5. The molecule has 1 heterocycles. The maximum Gasteiger partial charge on any atom is 0.262 e. The number of amides is 1. The molecule has 1 aliphatic rings. The van der Waals surface area contributed by atoms with Crippen molar-refractivity contribution in [1.82, 2.24) is 9.44 Å². The summed E-state index contributed by atoms with van der Waals surface area (Å²) in [6.45, 7) is 4.03. The lowest BCUT2D eigenvalue weighted by Crippen LogP contribution is -2.30. The summed E-state index contributed by atoms with van der Waals surface area (Å²) in [4.78, 5) is 17.0. The summed E-state index contributed by atoms with van der Waals surface area (Å²) < 4.78 is 55.0. The molecule has 178 valence electrons. The van der Waals surface area contributed by atoms with Crippen molar-refractivity contribution < 1.29 is 21.6 Å². The van der Waals surface area contributed by atoms with Crippen molar-refractivity contribution in [2.24, 2.45) is 4.99 Å². The summed E-state index contributed by atoms with van der Waals surface area (Å²) in [5.74, 6) is -0.0460. The van der Waals surface area contributed by atoms with Crippen molar-refractivity contribution >= 4 is 37.5 Å². The molecule has 0 radical (unpaired) electrons. The van der Waals surface area contributed by atoms with Crippen LogP contribution in [0.1, 0.15) is 49.9 Å². The molecule has 0 unspecified atom stereocenters. The van der Waals surface area contributed by atoms with E-state index in [4.69, 9.17) is 0 Å². The van der Waals surface area contributed by atoms with Crippen LogP contribution >= 0.6 is 0 Å². The fourth-order valence-electron chi connectivity index (χ4n) is 3.28. The molecule has 0 aromatic heterocycles. The fourth-order valence-corrected chi connectivity index (χ4v) is 5.67. The van der Waals surface area contributed by atoms with Crippen LogP contribution in [0.5, 0.6) is 0 Å². The molecule has 1 aliphatic heterocycles. The molecule has 2 aromatic carbocycles. The largest absolute Gasteiger partial charge is 0.322 e. The number of carbonyl (C=O) groups excluding carboxylic acids is 1. The van der Waals surface area contributed by atoms with E-state index in [1.165, 1.54) is 42.5 Å². The highest BCUT2D eigenvalue weighted by atomic mass is 32.2. The van der Waals surface area contributed by atoms with Gasteiger partial charge in [0.15, 0.2) is 0 Å². The van der Waals surface area contributed by atoms with Crippen LogP contribution in [-0.2, 0) is 20.0 Å². The second kappa shape index (κ2) is 10.4. The summed E-state index contributed by atoms with van der Waals surface area (Å²) in [6.07, 6.45) is 3.41. The number of benzene rings is 2. The molecule has 0 aliphatic carbocycles. The molecule has 33 heavy (non-hydrogen) atoms. The average Bonchev–Trinajstić information content (AvgIpc) is 3.01. The van der Waals surface area contributed by atoms with E-state index in [-0.39, 0.29) is 21.4 Å². The molecule has 11 heteroatoms. The molecule has 9 nitrogen and oxygen atoms in total. The predicted octanol–water partition coefficient (Wildman–Crippen LogP) is 2.88. The van der Waals surface area contributed by atoms with Gasteiger partial charge < -0.3 is 5.32 Å². The first kappa shape index (κ1) is 24.9. The Hall–Kier alpha value is -2.76. The lowest BCUT2D eigenvalue weighted by Gasteiger charge is -2.12. The molecular formula is C22H28N4O5S2. The topological polar surface area (TPSA) is 134 Å². The van der Waals surface area contributed by atoms with Crippen LogP contribution < -0.4 is 14.8 Å². The zero-order chi connectivity index (χ0) is 24.1. The highest BCUT2D eigenvalue weighted by molar-refractivity contribution is 7.90. The SMILES string of the molecule is CC(C)NS(=O)(=O)c1ccc(C(=O)Nc2cccc(S(=O)(=O)NC3=NCCCCC3)c2)cc1. The van der Waals surface area contributed by atoms with Gasteiger partial charge in [-0.1, -0.05) is 12.5 Å². The number of rotatable bonds is 7. The molecule has 1 amide bonds. The lowest BCUT2D eigenvalue weighted by atomic mass is 10.2. The van der Waals surface area contributed by atoms with Gasteiger partial charge in [0, 0.05) is 30.3 Å². The number of hydrogen-bond donors (Lipinski definition) is 3. The number of amidine groups is 1. The van der Waals surface area contributed by atoms with Gasteiger partial charge >= 0.3 is 0 Å². The Kier molecular flexibility index (Phi) is 7.88. The molecular weight excluding hydrogens is 464 g/mol. The van der Waals surface area contributed by atoms with E-state index in [0.717, 1.165) is 19.3 Å². The van der Waals surface area contributed by atoms with Crippen LogP contribution in [0.4, 0.5) is 5.69 Å². The fraction of sp³-hybridized carbons (Fsp3) is 0.364. The molecule has 0 saturated carbocycles. The van der Waals surface area contributed by atoms with Gasteiger partial charge in [-0.2, -0.15) is 0 Å². The van der Waals surface area contributed by atoms with Crippen LogP contribution in [0.25, 0.3) is 0 Å². The minimum atomic E-state index is -3.84. The van der Waals surface area contributed by atoms with E-state index >= 15 is 0 Å². The minimum absolute atomic E-state index is 0.00782. The van der Waals surface area contributed by atoms with Crippen molar-refractivity contribution in [3.63, 3.8) is 0 Å². The second-order valence-electron chi connectivity index (χ2n) is 8.03. The first-order valence-corrected chi connectivity index (χ1v) is 13.6. The van der Waals surface area contributed by atoms with Crippen molar-refractivity contribution in [3.05, 3.63) is 54.1 Å². The van der Waals surface area contributed by atoms with Gasteiger partial charge in [-0.3, -0.25) is 14.5 Å². The quantitative estimate of drug-likeness (QED) is 0.546. The normalized spacial score (nSPS) is 14.9. The summed E-state index contributed by atoms with van der Waals surface area (Å²) in [5, 5.41) is 2.65. The van der Waals surface area contributed by atoms with Gasteiger partial charge in [-0.25, -0.2) is 21.6 Å². The standard InChI is InChI=1S/C22H28N4O5S2/c1-16(2)25-32(28,29)19-12-10-17(11-13-19)22(27)24-18-7-6-8-20(15-18)33(30,31)26-21-9-4-3-5-14-23-21/h6-8,10-13,15-16,25H,3-5,9,14H2,1-2H3,(H,23,26)(H,24,27). The Morgan fingerprint density at radius 3 is 2.33 bits per heavy atom. The Morgan fingerprint density at radius 1 is 0.909 bits per heavy atom. The minimum Gasteiger partial charge on any atom is -0.322 e. The van der Waals surface area contributed by atoms with Gasteiger partial charge in [0.2, 0.25) is 10.0 Å². The van der Waals surface area contributed by atoms with Gasteiger partial charge in [0.05, 0.1) is 9.79 Å². The second-order valence-corrected chi connectivity index (χ2v) is 11.4. The van der Waals surface area contributed by atoms with Gasteiger partial charge in [-0.05, 0) is 69.2 Å². The Balaban J connectivity index is 1.72. The molecule has 3 N–H and O–H groups in total. The maximum absolute atomic E-state index is 12.8.